The minimum absolute atomic E-state index is 0.0610. The third kappa shape index (κ3) is 2.22. The molecule has 0 fully saturated rings. The molecule has 1 unspecified atom stereocenters. The van der Waals surface area contributed by atoms with Crippen molar-refractivity contribution in [1.29, 1.82) is 0 Å². The fraction of sp³-hybridized carbons (Fsp3) is 0.250. The zero-order valence-corrected chi connectivity index (χ0v) is 10.8. The van der Waals surface area contributed by atoms with Gasteiger partial charge in [0.2, 0.25) is 0 Å². The van der Waals surface area contributed by atoms with Crippen LogP contribution >= 0.6 is 0 Å². The van der Waals surface area contributed by atoms with E-state index in [1.807, 2.05) is 12.1 Å². The highest BCUT2D eigenvalue weighted by atomic mass is 19.1. The molecule has 0 aliphatic carbocycles. The SMILES string of the molecule is Cc1ccccc1C1C[C@H](N)c2cc(F)ccc2O1. The van der Waals surface area contributed by atoms with Gasteiger partial charge in [0, 0.05) is 18.0 Å². The molecule has 0 saturated carbocycles. The predicted octanol–water partition coefficient (Wildman–Crippen LogP) is 3.66. The molecule has 0 bridgehead atoms. The van der Waals surface area contributed by atoms with Crippen LogP contribution < -0.4 is 10.5 Å². The minimum Gasteiger partial charge on any atom is -0.485 e. The van der Waals surface area contributed by atoms with Gasteiger partial charge in [0.05, 0.1) is 0 Å². The summed E-state index contributed by atoms with van der Waals surface area (Å²) >= 11 is 0. The lowest BCUT2D eigenvalue weighted by Crippen LogP contribution is -2.24. The molecule has 2 nitrogen and oxygen atoms in total. The summed E-state index contributed by atoms with van der Waals surface area (Å²) in [5.41, 5.74) is 9.23. The molecule has 0 radical (unpaired) electrons. The Labute approximate surface area is 112 Å². The lowest BCUT2D eigenvalue weighted by atomic mass is 9.92. The highest BCUT2D eigenvalue weighted by molar-refractivity contribution is 5.40. The van der Waals surface area contributed by atoms with Crippen LogP contribution in [0, 0.1) is 12.7 Å². The Balaban J connectivity index is 1.97. The van der Waals surface area contributed by atoms with Crippen molar-refractivity contribution in [2.45, 2.75) is 25.5 Å². The van der Waals surface area contributed by atoms with Gasteiger partial charge in [0.15, 0.2) is 0 Å². The second kappa shape index (κ2) is 4.67. The quantitative estimate of drug-likeness (QED) is 0.846. The number of rotatable bonds is 1. The van der Waals surface area contributed by atoms with E-state index in [9.17, 15) is 4.39 Å². The molecule has 0 amide bonds. The highest BCUT2D eigenvalue weighted by Gasteiger charge is 2.28. The minimum atomic E-state index is -0.271. The van der Waals surface area contributed by atoms with Crippen LogP contribution in [0.3, 0.4) is 0 Å². The number of benzene rings is 2. The van der Waals surface area contributed by atoms with Crippen molar-refractivity contribution in [2.75, 3.05) is 0 Å². The molecule has 0 spiro atoms. The topological polar surface area (TPSA) is 35.2 Å². The molecule has 3 heteroatoms. The normalized spacial score (nSPS) is 21.6. The van der Waals surface area contributed by atoms with Gasteiger partial charge in [0.1, 0.15) is 17.7 Å². The van der Waals surface area contributed by atoms with Crippen LogP contribution in [-0.4, -0.2) is 0 Å². The smallest absolute Gasteiger partial charge is 0.126 e. The van der Waals surface area contributed by atoms with E-state index in [1.165, 1.54) is 17.7 Å². The van der Waals surface area contributed by atoms with Gasteiger partial charge in [-0.1, -0.05) is 24.3 Å². The van der Waals surface area contributed by atoms with Crippen LogP contribution in [0.15, 0.2) is 42.5 Å². The second-order valence-electron chi connectivity index (χ2n) is 4.99. The molecule has 2 aromatic carbocycles. The van der Waals surface area contributed by atoms with E-state index < -0.39 is 0 Å². The van der Waals surface area contributed by atoms with E-state index in [4.69, 9.17) is 10.5 Å². The Morgan fingerprint density at radius 1 is 1.16 bits per heavy atom. The molecule has 2 N–H and O–H groups in total. The largest absolute Gasteiger partial charge is 0.485 e. The molecule has 19 heavy (non-hydrogen) atoms. The number of hydrogen-bond donors (Lipinski definition) is 1. The molecule has 2 aromatic rings. The first-order valence-corrected chi connectivity index (χ1v) is 6.42. The summed E-state index contributed by atoms with van der Waals surface area (Å²) in [4.78, 5) is 0. The van der Waals surface area contributed by atoms with Gasteiger partial charge in [-0.05, 0) is 36.2 Å². The van der Waals surface area contributed by atoms with Gasteiger partial charge in [-0.15, -0.1) is 0 Å². The summed E-state index contributed by atoms with van der Waals surface area (Å²) in [6.45, 7) is 2.06. The number of fused-ring (bicyclic) bond motifs is 1. The fourth-order valence-electron chi connectivity index (χ4n) is 2.61. The first kappa shape index (κ1) is 12.2. The van der Waals surface area contributed by atoms with E-state index in [-0.39, 0.29) is 18.0 Å². The lowest BCUT2D eigenvalue weighted by molar-refractivity contribution is 0.160. The summed E-state index contributed by atoms with van der Waals surface area (Å²) < 4.78 is 19.2. The molecule has 1 aliphatic rings. The molecule has 1 aliphatic heterocycles. The molecular weight excluding hydrogens is 241 g/mol. The zero-order chi connectivity index (χ0) is 13.4. The van der Waals surface area contributed by atoms with Crippen molar-refractivity contribution in [2.24, 2.45) is 5.73 Å². The third-order valence-corrected chi connectivity index (χ3v) is 3.64. The summed E-state index contributed by atoms with van der Waals surface area (Å²) in [7, 11) is 0. The van der Waals surface area contributed by atoms with Crippen molar-refractivity contribution >= 4 is 0 Å². The molecule has 2 atom stereocenters. The predicted molar refractivity (Wildman–Crippen MR) is 72.5 cm³/mol. The molecule has 98 valence electrons. The van der Waals surface area contributed by atoms with Gasteiger partial charge >= 0.3 is 0 Å². The number of hydrogen-bond acceptors (Lipinski definition) is 2. The summed E-state index contributed by atoms with van der Waals surface area (Å²) in [6, 6.07) is 12.5. The van der Waals surface area contributed by atoms with Crippen molar-refractivity contribution in [3.05, 3.63) is 65.0 Å². The first-order valence-electron chi connectivity index (χ1n) is 6.42. The maximum Gasteiger partial charge on any atom is 0.126 e. The number of ether oxygens (including phenoxy) is 1. The van der Waals surface area contributed by atoms with E-state index in [2.05, 4.69) is 19.1 Å². The Morgan fingerprint density at radius 3 is 2.74 bits per heavy atom. The zero-order valence-electron chi connectivity index (χ0n) is 10.8. The average Bonchev–Trinajstić information content (AvgIpc) is 2.40. The standard InChI is InChI=1S/C16H16FNO/c1-10-4-2-3-5-12(10)16-9-14(18)13-8-11(17)6-7-15(13)19-16/h2-8,14,16H,9,18H2,1H3/t14-,16?/m0/s1. The third-order valence-electron chi connectivity index (χ3n) is 3.64. The van der Waals surface area contributed by atoms with Crippen LogP contribution in [0.1, 0.15) is 35.3 Å². The maximum atomic E-state index is 13.2. The van der Waals surface area contributed by atoms with Gasteiger partial charge < -0.3 is 10.5 Å². The molecule has 0 aromatic heterocycles. The Bertz CT molecular complexity index is 611. The van der Waals surface area contributed by atoms with Gasteiger partial charge in [0.25, 0.3) is 0 Å². The number of aryl methyl sites for hydroxylation is 1. The van der Waals surface area contributed by atoms with Crippen molar-refractivity contribution in [3.63, 3.8) is 0 Å². The van der Waals surface area contributed by atoms with Gasteiger partial charge in [-0.3, -0.25) is 0 Å². The van der Waals surface area contributed by atoms with Gasteiger partial charge in [-0.25, -0.2) is 4.39 Å². The lowest BCUT2D eigenvalue weighted by Gasteiger charge is -2.31. The average molecular weight is 257 g/mol. The maximum absolute atomic E-state index is 13.2. The molecular formula is C16H16FNO. The summed E-state index contributed by atoms with van der Waals surface area (Å²) in [6.07, 6.45) is 0.607. The van der Waals surface area contributed by atoms with Crippen LogP contribution in [0.4, 0.5) is 4.39 Å². The molecule has 1 heterocycles. The van der Waals surface area contributed by atoms with Crippen molar-refractivity contribution in [1.82, 2.24) is 0 Å². The van der Waals surface area contributed by atoms with Crippen LogP contribution in [-0.2, 0) is 0 Å². The number of halogens is 1. The van der Waals surface area contributed by atoms with E-state index in [1.54, 1.807) is 6.07 Å². The van der Waals surface area contributed by atoms with E-state index >= 15 is 0 Å². The number of nitrogens with two attached hydrogens (primary N) is 1. The fourth-order valence-corrected chi connectivity index (χ4v) is 2.61. The second-order valence-corrected chi connectivity index (χ2v) is 4.99. The highest BCUT2D eigenvalue weighted by Crippen LogP contribution is 2.40. The van der Waals surface area contributed by atoms with Gasteiger partial charge in [-0.2, -0.15) is 0 Å². The Hall–Kier alpha value is -1.87. The Kier molecular flexibility index (Phi) is 2.99. The van der Waals surface area contributed by atoms with Crippen LogP contribution in [0.2, 0.25) is 0 Å². The van der Waals surface area contributed by atoms with Crippen molar-refractivity contribution in [3.8, 4) is 5.75 Å². The van der Waals surface area contributed by atoms with Crippen LogP contribution in [0.25, 0.3) is 0 Å². The Morgan fingerprint density at radius 2 is 1.95 bits per heavy atom. The van der Waals surface area contributed by atoms with Crippen LogP contribution in [0.5, 0.6) is 5.75 Å². The molecule has 0 saturated heterocycles. The summed E-state index contributed by atoms with van der Waals surface area (Å²) in [5.74, 6) is 0.417. The first-order chi connectivity index (χ1) is 9.15. The van der Waals surface area contributed by atoms with Crippen molar-refractivity contribution < 1.29 is 9.13 Å². The monoisotopic (exact) mass is 257 g/mol. The van der Waals surface area contributed by atoms with E-state index in [0.717, 1.165) is 11.1 Å². The van der Waals surface area contributed by atoms with E-state index in [0.29, 0.717) is 12.2 Å². The molecule has 3 rings (SSSR count). The summed E-state index contributed by atoms with van der Waals surface area (Å²) in [5, 5.41) is 0.